The van der Waals surface area contributed by atoms with E-state index in [9.17, 15) is 0 Å². The molecule has 4 heteroatoms. The van der Waals surface area contributed by atoms with Gasteiger partial charge in [-0.15, -0.1) is 11.3 Å². The van der Waals surface area contributed by atoms with Crippen molar-refractivity contribution in [3.8, 4) is 0 Å². The fraction of sp³-hybridized carbons (Fsp3) is 0.727. The van der Waals surface area contributed by atoms with E-state index in [1.807, 2.05) is 5.51 Å². The predicted octanol–water partition coefficient (Wildman–Crippen LogP) is 2.28. The van der Waals surface area contributed by atoms with Crippen LogP contribution in [0.5, 0.6) is 0 Å². The molecule has 1 saturated heterocycles. The van der Waals surface area contributed by atoms with E-state index >= 15 is 0 Å². The van der Waals surface area contributed by atoms with Crippen molar-refractivity contribution in [3.05, 3.63) is 16.1 Å². The van der Waals surface area contributed by atoms with Gasteiger partial charge in [0.05, 0.1) is 17.3 Å². The average Bonchev–Trinajstić information content (AvgIpc) is 2.76. The lowest BCUT2D eigenvalue weighted by Crippen LogP contribution is -2.36. The molecule has 0 spiro atoms. The number of hydrogen-bond acceptors (Lipinski definition) is 4. The first-order valence-electron chi connectivity index (χ1n) is 5.46. The molecule has 1 aromatic heterocycles. The summed E-state index contributed by atoms with van der Waals surface area (Å²) in [7, 11) is 0. The highest BCUT2D eigenvalue weighted by atomic mass is 32.1. The molecule has 0 radical (unpaired) electrons. The molecular formula is C11H18N2OS. The number of hydrogen-bond donors (Lipinski definition) is 1. The third kappa shape index (κ3) is 2.38. The van der Waals surface area contributed by atoms with Gasteiger partial charge in [-0.1, -0.05) is 0 Å². The Morgan fingerprint density at radius 1 is 1.67 bits per heavy atom. The predicted molar refractivity (Wildman–Crippen MR) is 62.2 cm³/mol. The van der Waals surface area contributed by atoms with Crippen LogP contribution in [0, 0.1) is 6.92 Å². The lowest BCUT2D eigenvalue weighted by Gasteiger charge is -2.21. The van der Waals surface area contributed by atoms with Crippen molar-refractivity contribution in [3.63, 3.8) is 0 Å². The number of rotatable bonds is 3. The minimum Gasteiger partial charge on any atom is -0.377 e. The number of nitrogens with one attached hydrogen (secondary N) is 1. The second kappa shape index (κ2) is 4.60. The topological polar surface area (TPSA) is 34.2 Å². The first-order chi connectivity index (χ1) is 7.18. The Morgan fingerprint density at radius 3 is 3.00 bits per heavy atom. The standard InChI is InChI=1S/C11H18N2OS/c1-7-11(15-6-12-7)8(2)13-10-4-5-14-9(10)3/h6,8-10,13H,4-5H2,1-3H3. The zero-order chi connectivity index (χ0) is 10.8. The van der Waals surface area contributed by atoms with Gasteiger partial charge >= 0.3 is 0 Å². The minimum absolute atomic E-state index is 0.334. The van der Waals surface area contributed by atoms with E-state index in [0.717, 1.165) is 18.7 Å². The van der Waals surface area contributed by atoms with E-state index in [1.165, 1.54) is 4.88 Å². The number of aryl methyl sites for hydroxylation is 1. The molecule has 3 unspecified atom stereocenters. The van der Waals surface area contributed by atoms with Crippen molar-refractivity contribution < 1.29 is 4.74 Å². The highest BCUT2D eigenvalue weighted by Gasteiger charge is 2.26. The van der Waals surface area contributed by atoms with Crippen LogP contribution in [0.1, 0.15) is 36.9 Å². The van der Waals surface area contributed by atoms with Crippen LogP contribution in [0.3, 0.4) is 0 Å². The Hall–Kier alpha value is -0.450. The molecule has 3 atom stereocenters. The van der Waals surface area contributed by atoms with Crippen LogP contribution in [0.4, 0.5) is 0 Å². The second-order valence-corrected chi connectivity index (χ2v) is 5.05. The fourth-order valence-corrected chi connectivity index (χ4v) is 2.89. The highest BCUT2D eigenvalue weighted by Crippen LogP contribution is 2.24. The lowest BCUT2D eigenvalue weighted by molar-refractivity contribution is 0.111. The van der Waals surface area contributed by atoms with Gasteiger partial charge in [-0.3, -0.25) is 0 Å². The third-order valence-electron chi connectivity index (χ3n) is 3.02. The summed E-state index contributed by atoms with van der Waals surface area (Å²) < 4.78 is 5.54. The van der Waals surface area contributed by atoms with Crippen molar-refractivity contribution in [1.29, 1.82) is 0 Å². The van der Waals surface area contributed by atoms with Crippen LogP contribution < -0.4 is 5.32 Å². The molecule has 1 fully saturated rings. The molecular weight excluding hydrogens is 208 g/mol. The number of ether oxygens (including phenoxy) is 1. The summed E-state index contributed by atoms with van der Waals surface area (Å²) in [5.41, 5.74) is 3.06. The zero-order valence-corrected chi connectivity index (χ0v) is 10.3. The monoisotopic (exact) mass is 226 g/mol. The van der Waals surface area contributed by atoms with Gasteiger partial charge in [0.15, 0.2) is 0 Å². The summed E-state index contributed by atoms with van der Waals surface area (Å²) in [5.74, 6) is 0. The van der Waals surface area contributed by atoms with E-state index < -0.39 is 0 Å². The smallest absolute Gasteiger partial charge is 0.0798 e. The van der Waals surface area contributed by atoms with Crippen LogP contribution in [0.25, 0.3) is 0 Å². The van der Waals surface area contributed by atoms with Crippen molar-refractivity contribution in [2.24, 2.45) is 0 Å². The number of aromatic nitrogens is 1. The van der Waals surface area contributed by atoms with E-state index in [1.54, 1.807) is 11.3 Å². The molecule has 1 aliphatic heterocycles. The van der Waals surface area contributed by atoms with Crippen molar-refractivity contribution in [2.75, 3.05) is 6.61 Å². The van der Waals surface area contributed by atoms with E-state index in [2.05, 4.69) is 31.1 Å². The van der Waals surface area contributed by atoms with Crippen LogP contribution in [0.2, 0.25) is 0 Å². The van der Waals surface area contributed by atoms with Gasteiger partial charge < -0.3 is 10.1 Å². The fourth-order valence-electron chi connectivity index (χ4n) is 2.07. The molecule has 3 nitrogen and oxygen atoms in total. The van der Waals surface area contributed by atoms with E-state index in [0.29, 0.717) is 18.2 Å². The Morgan fingerprint density at radius 2 is 2.47 bits per heavy atom. The van der Waals surface area contributed by atoms with Gasteiger partial charge in [-0.25, -0.2) is 4.98 Å². The van der Waals surface area contributed by atoms with Gasteiger partial charge in [0, 0.05) is 23.6 Å². The quantitative estimate of drug-likeness (QED) is 0.858. The first-order valence-corrected chi connectivity index (χ1v) is 6.34. The maximum absolute atomic E-state index is 5.54. The number of nitrogens with zero attached hydrogens (tertiary/aromatic N) is 1. The summed E-state index contributed by atoms with van der Waals surface area (Å²) in [6.45, 7) is 7.29. The molecule has 1 N–H and O–H groups in total. The van der Waals surface area contributed by atoms with Crippen molar-refractivity contribution >= 4 is 11.3 Å². The lowest BCUT2D eigenvalue weighted by atomic mass is 10.1. The highest BCUT2D eigenvalue weighted by molar-refractivity contribution is 7.09. The summed E-state index contributed by atoms with van der Waals surface area (Å²) >= 11 is 1.73. The maximum Gasteiger partial charge on any atom is 0.0798 e. The molecule has 1 aliphatic rings. The molecule has 0 amide bonds. The van der Waals surface area contributed by atoms with E-state index in [-0.39, 0.29) is 0 Å². The molecule has 0 aromatic carbocycles. The van der Waals surface area contributed by atoms with Gasteiger partial charge in [0.1, 0.15) is 0 Å². The van der Waals surface area contributed by atoms with E-state index in [4.69, 9.17) is 4.74 Å². The van der Waals surface area contributed by atoms with Gasteiger partial charge in [-0.05, 0) is 27.2 Å². The normalized spacial score (nSPS) is 28.2. The first kappa shape index (κ1) is 11.0. The van der Waals surface area contributed by atoms with Gasteiger partial charge in [0.2, 0.25) is 0 Å². The molecule has 1 aromatic rings. The Bertz CT molecular complexity index is 326. The molecule has 0 aliphatic carbocycles. The molecule has 15 heavy (non-hydrogen) atoms. The minimum atomic E-state index is 0.334. The maximum atomic E-state index is 5.54. The molecule has 0 bridgehead atoms. The van der Waals surface area contributed by atoms with Crippen LogP contribution in [-0.2, 0) is 4.74 Å². The molecule has 2 rings (SSSR count). The van der Waals surface area contributed by atoms with Crippen molar-refractivity contribution in [1.82, 2.24) is 10.3 Å². The van der Waals surface area contributed by atoms with Gasteiger partial charge in [0.25, 0.3) is 0 Å². The Kier molecular flexibility index (Phi) is 3.38. The Labute approximate surface area is 94.9 Å². The summed E-state index contributed by atoms with van der Waals surface area (Å²) in [6, 6.07) is 0.869. The summed E-state index contributed by atoms with van der Waals surface area (Å²) in [5, 5.41) is 3.62. The molecule has 84 valence electrons. The summed E-state index contributed by atoms with van der Waals surface area (Å²) in [6.07, 6.45) is 1.45. The van der Waals surface area contributed by atoms with Crippen LogP contribution in [0.15, 0.2) is 5.51 Å². The van der Waals surface area contributed by atoms with Crippen LogP contribution >= 0.6 is 11.3 Å². The summed E-state index contributed by atoms with van der Waals surface area (Å²) in [4.78, 5) is 5.62. The largest absolute Gasteiger partial charge is 0.377 e. The van der Waals surface area contributed by atoms with Gasteiger partial charge in [-0.2, -0.15) is 0 Å². The average molecular weight is 226 g/mol. The molecule has 0 saturated carbocycles. The molecule has 2 heterocycles. The number of thiazole rings is 1. The zero-order valence-electron chi connectivity index (χ0n) is 9.49. The Balaban J connectivity index is 1.97. The third-order valence-corrected chi connectivity index (χ3v) is 4.13. The van der Waals surface area contributed by atoms with Crippen molar-refractivity contribution in [2.45, 2.75) is 45.4 Å². The SMILES string of the molecule is Cc1ncsc1C(C)NC1CCOC1C. The second-order valence-electron chi connectivity index (χ2n) is 4.16. The van der Waals surface area contributed by atoms with Crippen LogP contribution in [-0.4, -0.2) is 23.7 Å².